The molecule has 1 heterocycles. The molecule has 0 amide bonds. The third-order valence-electron chi connectivity index (χ3n) is 2.96. The van der Waals surface area contributed by atoms with E-state index in [1.165, 1.54) is 22.5 Å². The molecule has 0 saturated carbocycles. The van der Waals surface area contributed by atoms with Crippen molar-refractivity contribution in [3.05, 3.63) is 28.8 Å². The molecule has 1 saturated heterocycles. The van der Waals surface area contributed by atoms with Crippen LogP contribution in [0.1, 0.15) is 5.56 Å². The van der Waals surface area contributed by atoms with Crippen LogP contribution in [0.4, 0.5) is 0 Å². The second-order valence-electron chi connectivity index (χ2n) is 4.16. The highest BCUT2D eigenvalue weighted by Crippen LogP contribution is 2.23. The molecule has 19 heavy (non-hydrogen) atoms. The minimum atomic E-state index is -3.61. The van der Waals surface area contributed by atoms with Gasteiger partial charge in [0, 0.05) is 40.4 Å². The van der Waals surface area contributed by atoms with E-state index in [0.29, 0.717) is 22.1 Å². The van der Waals surface area contributed by atoms with Crippen LogP contribution in [0.15, 0.2) is 23.1 Å². The largest absolute Gasteiger partial charge is 0.392 e. The van der Waals surface area contributed by atoms with Crippen molar-refractivity contribution in [2.75, 3.05) is 24.6 Å². The van der Waals surface area contributed by atoms with E-state index < -0.39 is 20.8 Å². The monoisotopic (exact) mass is 323 g/mol. The average Bonchev–Trinajstić information content (AvgIpc) is 2.39. The van der Waals surface area contributed by atoms with Gasteiger partial charge in [0.2, 0.25) is 10.0 Å². The fourth-order valence-corrected chi connectivity index (χ4v) is 4.80. The number of benzene rings is 1. The number of rotatable bonds is 3. The van der Waals surface area contributed by atoms with Crippen molar-refractivity contribution in [2.45, 2.75) is 11.5 Å². The maximum atomic E-state index is 12.4. The van der Waals surface area contributed by atoms with Crippen molar-refractivity contribution < 1.29 is 17.7 Å². The van der Waals surface area contributed by atoms with Crippen molar-refractivity contribution in [3.8, 4) is 0 Å². The fraction of sp³-hybridized carbons (Fsp3) is 0.455. The maximum Gasteiger partial charge on any atom is 0.243 e. The summed E-state index contributed by atoms with van der Waals surface area (Å²) in [6.07, 6.45) is 0. The summed E-state index contributed by atoms with van der Waals surface area (Å²) in [6.45, 7) is 0.199. The highest BCUT2D eigenvalue weighted by Gasteiger charge is 2.28. The molecular formula is C11H14ClNO4S2. The van der Waals surface area contributed by atoms with Gasteiger partial charge in [-0.3, -0.25) is 4.21 Å². The maximum absolute atomic E-state index is 12.4. The Balaban J connectivity index is 2.31. The van der Waals surface area contributed by atoms with Crippen molar-refractivity contribution in [1.29, 1.82) is 0 Å². The number of aliphatic hydroxyl groups excluding tert-OH is 1. The van der Waals surface area contributed by atoms with E-state index >= 15 is 0 Å². The molecule has 1 N–H and O–H groups in total. The fourth-order valence-electron chi connectivity index (χ4n) is 1.84. The van der Waals surface area contributed by atoms with Crippen LogP contribution < -0.4 is 0 Å². The number of sulfonamides is 1. The number of nitrogens with zero attached hydrogens (tertiary/aromatic N) is 1. The van der Waals surface area contributed by atoms with E-state index in [1.807, 2.05) is 0 Å². The van der Waals surface area contributed by atoms with Gasteiger partial charge in [-0.1, -0.05) is 11.6 Å². The second-order valence-corrected chi connectivity index (χ2v) is 8.20. The van der Waals surface area contributed by atoms with Crippen LogP contribution in [0.25, 0.3) is 0 Å². The summed E-state index contributed by atoms with van der Waals surface area (Å²) in [5, 5.41) is 9.46. The van der Waals surface area contributed by atoms with Crippen LogP contribution in [0.3, 0.4) is 0 Å². The first-order valence-electron chi connectivity index (χ1n) is 5.69. The van der Waals surface area contributed by atoms with Gasteiger partial charge in [0.25, 0.3) is 0 Å². The lowest BCUT2D eigenvalue weighted by atomic mass is 10.2. The number of hydrogen-bond donors (Lipinski definition) is 1. The first-order chi connectivity index (χ1) is 8.95. The van der Waals surface area contributed by atoms with Crippen LogP contribution in [0, 0.1) is 0 Å². The van der Waals surface area contributed by atoms with Crippen molar-refractivity contribution in [3.63, 3.8) is 0 Å². The Morgan fingerprint density at radius 3 is 2.53 bits per heavy atom. The number of hydrogen-bond acceptors (Lipinski definition) is 4. The van der Waals surface area contributed by atoms with Crippen LogP contribution in [-0.2, 0) is 27.4 Å². The SMILES string of the molecule is O=S1CCN(S(=O)(=O)c2ccc(Cl)c(CO)c2)CC1. The summed E-state index contributed by atoms with van der Waals surface area (Å²) in [5.41, 5.74) is 0.378. The van der Waals surface area contributed by atoms with Crippen LogP contribution in [-0.4, -0.2) is 46.6 Å². The Bertz CT molecular complexity index is 593. The quantitative estimate of drug-likeness (QED) is 0.883. The molecule has 0 atom stereocenters. The summed E-state index contributed by atoms with van der Waals surface area (Å²) in [5.74, 6) is 0.722. The first kappa shape index (κ1) is 14.9. The summed E-state index contributed by atoms with van der Waals surface area (Å²) in [7, 11) is -4.53. The van der Waals surface area contributed by atoms with E-state index in [0.717, 1.165) is 0 Å². The van der Waals surface area contributed by atoms with Crippen molar-refractivity contribution in [2.24, 2.45) is 0 Å². The van der Waals surface area contributed by atoms with Gasteiger partial charge in [-0.2, -0.15) is 4.31 Å². The zero-order chi connectivity index (χ0) is 14.0. The van der Waals surface area contributed by atoms with Gasteiger partial charge in [0.1, 0.15) is 0 Å². The van der Waals surface area contributed by atoms with Crippen LogP contribution >= 0.6 is 11.6 Å². The number of halogens is 1. The van der Waals surface area contributed by atoms with Gasteiger partial charge >= 0.3 is 0 Å². The molecule has 8 heteroatoms. The molecule has 0 bridgehead atoms. The highest BCUT2D eigenvalue weighted by molar-refractivity contribution is 7.89. The minimum absolute atomic E-state index is 0.105. The normalized spacial score (nSPS) is 18.6. The summed E-state index contributed by atoms with van der Waals surface area (Å²) >= 11 is 5.84. The second kappa shape index (κ2) is 5.88. The summed E-state index contributed by atoms with van der Waals surface area (Å²) in [6, 6.07) is 4.26. The molecule has 5 nitrogen and oxygen atoms in total. The smallest absolute Gasteiger partial charge is 0.243 e. The number of aliphatic hydroxyl groups is 1. The van der Waals surface area contributed by atoms with E-state index in [4.69, 9.17) is 16.7 Å². The predicted octanol–water partition coefficient (Wildman–Crippen LogP) is 0.585. The standard InChI is InChI=1S/C11H14ClNO4S2/c12-11-2-1-10(7-9(11)8-14)19(16,17)13-3-5-18(15)6-4-13/h1-2,7,14H,3-6,8H2. The van der Waals surface area contributed by atoms with Gasteiger partial charge in [-0.25, -0.2) is 8.42 Å². The molecule has 0 unspecified atom stereocenters. The zero-order valence-electron chi connectivity index (χ0n) is 10.1. The average molecular weight is 324 g/mol. The first-order valence-corrected chi connectivity index (χ1v) is 9.00. The lowest BCUT2D eigenvalue weighted by Crippen LogP contribution is -2.41. The molecule has 1 aromatic carbocycles. The summed E-state index contributed by atoms with van der Waals surface area (Å²) < 4.78 is 37.3. The molecule has 0 aliphatic carbocycles. The van der Waals surface area contributed by atoms with E-state index in [-0.39, 0.29) is 24.6 Å². The molecule has 0 aromatic heterocycles. The van der Waals surface area contributed by atoms with Crippen LogP contribution in [0.5, 0.6) is 0 Å². The Hall–Kier alpha value is -0.470. The van der Waals surface area contributed by atoms with E-state index in [9.17, 15) is 12.6 Å². The molecule has 1 aliphatic heterocycles. The van der Waals surface area contributed by atoms with Crippen molar-refractivity contribution >= 4 is 32.4 Å². The molecule has 2 rings (SSSR count). The topological polar surface area (TPSA) is 74.7 Å². The summed E-state index contributed by atoms with van der Waals surface area (Å²) in [4.78, 5) is 0.105. The predicted molar refractivity (Wildman–Crippen MR) is 74.0 cm³/mol. The Morgan fingerprint density at radius 2 is 1.95 bits per heavy atom. The van der Waals surface area contributed by atoms with Gasteiger partial charge in [-0.05, 0) is 23.8 Å². The molecule has 1 fully saturated rings. The van der Waals surface area contributed by atoms with Crippen LogP contribution in [0.2, 0.25) is 5.02 Å². The minimum Gasteiger partial charge on any atom is -0.392 e. The van der Waals surface area contributed by atoms with E-state index in [2.05, 4.69) is 0 Å². The molecule has 106 valence electrons. The molecule has 0 spiro atoms. The molecular weight excluding hydrogens is 310 g/mol. The zero-order valence-corrected chi connectivity index (χ0v) is 12.5. The van der Waals surface area contributed by atoms with Gasteiger partial charge < -0.3 is 5.11 Å². The Kier molecular flexibility index (Phi) is 4.62. The van der Waals surface area contributed by atoms with Crippen molar-refractivity contribution in [1.82, 2.24) is 4.31 Å². The van der Waals surface area contributed by atoms with Gasteiger partial charge in [0.05, 0.1) is 11.5 Å². The van der Waals surface area contributed by atoms with Gasteiger partial charge in [-0.15, -0.1) is 0 Å². The van der Waals surface area contributed by atoms with E-state index in [1.54, 1.807) is 0 Å². The third-order valence-corrected chi connectivity index (χ3v) is 6.50. The molecule has 1 aromatic rings. The third kappa shape index (κ3) is 3.17. The molecule has 0 radical (unpaired) electrons. The lowest BCUT2D eigenvalue weighted by molar-refractivity contribution is 0.281. The highest BCUT2D eigenvalue weighted by atomic mass is 35.5. The lowest BCUT2D eigenvalue weighted by Gasteiger charge is -2.25. The van der Waals surface area contributed by atoms with Gasteiger partial charge in [0.15, 0.2) is 0 Å². The Morgan fingerprint density at radius 1 is 1.32 bits per heavy atom. The molecule has 1 aliphatic rings. The Labute approximate surface area is 119 Å².